The monoisotopic (exact) mass is 496 g/mol. The molecule has 0 aliphatic rings. The average molecular weight is 497 g/mol. The van der Waals surface area contributed by atoms with Gasteiger partial charge in [-0.25, -0.2) is 10.4 Å². The molecule has 9 heteroatoms. The number of halogens is 1. The summed E-state index contributed by atoms with van der Waals surface area (Å²) in [6.45, 7) is 1.74. The molecule has 0 radical (unpaired) electrons. The molecule has 1 N–H and O–H groups in total. The second kappa shape index (κ2) is 9.32. The Hall–Kier alpha value is -3.17. The molecule has 0 saturated heterocycles. The fourth-order valence-electron chi connectivity index (χ4n) is 2.88. The molecule has 0 spiro atoms. The van der Waals surface area contributed by atoms with Gasteiger partial charge in [0.1, 0.15) is 11.5 Å². The molecule has 1 amide bonds. The number of aromatic nitrogens is 2. The molecular weight excluding hydrogens is 480 g/mol. The van der Waals surface area contributed by atoms with Crippen molar-refractivity contribution in [3.05, 3.63) is 87.5 Å². The molecule has 2 aromatic carbocycles. The van der Waals surface area contributed by atoms with Crippen molar-refractivity contribution in [1.82, 2.24) is 15.0 Å². The van der Waals surface area contributed by atoms with Gasteiger partial charge < -0.3 is 4.42 Å². The molecule has 156 valence electrons. The first-order valence-electron chi connectivity index (χ1n) is 9.30. The SMILES string of the molecule is CC(=NNC(=O)CSc1nc2ccccc2c(=O)n1-c1ccc(Br)cc1)c1ccco1. The number of carbonyl (C=O) groups excluding carboxylic acids is 1. The van der Waals surface area contributed by atoms with E-state index >= 15 is 0 Å². The molecule has 4 aromatic rings. The third kappa shape index (κ3) is 4.78. The van der Waals surface area contributed by atoms with Crippen LogP contribution in [0.15, 0.2) is 90.9 Å². The highest BCUT2D eigenvalue weighted by Crippen LogP contribution is 2.22. The van der Waals surface area contributed by atoms with E-state index in [1.165, 1.54) is 16.3 Å². The minimum Gasteiger partial charge on any atom is -0.463 e. The number of thioether (sulfide) groups is 1. The number of nitrogens with one attached hydrogen (secondary N) is 1. The van der Waals surface area contributed by atoms with Crippen LogP contribution in [0.2, 0.25) is 0 Å². The lowest BCUT2D eigenvalue weighted by molar-refractivity contribution is -0.118. The van der Waals surface area contributed by atoms with Gasteiger partial charge in [0.2, 0.25) is 0 Å². The van der Waals surface area contributed by atoms with Crippen molar-refractivity contribution in [3.63, 3.8) is 0 Å². The quantitative estimate of drug-likeness (QED) is 0.185. The molecule has 7 nitrogen and oxygen atoms in total. The normalized spacial score (nSPS) is 11.6. The third-order valence-corrected chi connectivity index (χ3v) is 5.86. The van der Waals surface area contributed by atoms with Crippen LogP contribution < -0.4 is 11.0 Å². The van der Waals surface area contributed by atoms with Gasteiger partial charge in [0.25, 0.3) is 11.5 Å². The number of hydrogen-bond acceptors (Lipinski definition) is 6. The van der Waals surface area contributed by atoms with E-state index in [9.17, 15) is 9.59 Å². The Bertz CT molecular complexity index is 1320. The predicted octanol–water partition coefficient (Wildman–Crippen LogP) is 4.37. The number of para-hydroxylation sites is 1. The molecule has 0 aliphatic carbocycles. The van der Waals surface area contributed by atoms with Gasteiger partial charge in [0, 0.05) is 4.47 Å². The molecule has 4 rings (SSSR count). The van der Waals surface area contributed by atoms with Gasteiger partial charge in [-0.15, -0.1) is 0 Å². The zero-order chi connectivity index (χ0) is 21.8. The van der Waals surface area contributed by atoms with Crippen molar-refractivity contribution in [2.24, 2.45) is 5.10 Å². The number of fused-ring (bicyclic) bond motifs is 1. The molecule has 0 unspecified atom stereocenters. The van der Waals surface area contributed by atoms with Crippen LogP contribution in [0.4, 0.5) is 0 Å². The number of benzene rings is 2. The van der Waals surface area contributed by atoms with E-state index in [0.29, 0.717) is 33.2 Å². The summed E-state index contributed by atoms with van der Waals surface area (Å²) in [5, 5.41) is 4.99. The van der Waals surface area contributed by atoms with Gasteiger partial charge >= 0.3 is 0 Å². The third-order valence-electron chi connectivity index (χ3n) is 4.39. The number of nitrogens with zero attached hydrogens (tertiary/aromatic N) is 3. The van der Waals surface area contributed by atoms with Crippen molar-refractivity contribution < 1.29 is 9.21 Å². The second-order valence-corrected chi connectivity index (χ2v) is 8.38. The summed E-state index contributed by atoms with van der Waals surface area (Å²) >= 11 is 4.58. The van der Waals surface area contributed by atoms with E-state index in [-0.39, 0.29) is 17.2 Å². The Kier molecular flexibility index (Phi) is 6.34. The summed E-state index contributed by atoms with van der Waals surface area (Å²) in [6, 6.07) is 18.0. The topological polar surface area (TPSA) is 89.5 Å². The Morgan fingerprint density at radius 3 is 2.68 bits per heavy atom. The summed E-state index contributed by atoms with van der Waals surface area (Å²) in [6.07, 6.45) is 1.54. The van der Waals surface area contributed by atoms with Crippen LogP contribution in [0.5, 0.6) is 0 Å². The summed E-state index contributed by atoms with van der Waals surface area (Å²) in [7, 11) is 0. The minimum atomic E-state index is -0.319. The fourth-order valence-corrected chi connectivity index (χ4v) is 3.94. The van der Waals surface area contributed by atoms with Gasteiger partial charge in [0.05, 0.1) is 28.6 Å². The van der Waals surface area contributed by atoms with Gasteiger partial charge in [-0.1, -0.05) is 39.8 Å². The molecular formula is C22H17BrN4O3S. The predicted molar refractivity (Wildman–Crippen MR) is 125 cm³/mol. The largest absolute Gasteiger partial charge is 0.463 e. The van der Waals surface area contributed by atoms with Crippen LogP contribution in [-0.2, 0) is 4.79 Å². The highest BCUT2D eigenvalue weighted by molar-refractivity contribution is 9.10. The molecule has 2 heterocycles. The number of furan rings is 1. The van der Waals surface area contributed by atoms with Gasteiger partial charge in [-0.3, -0.25) is 14.2 Å². The Balaban J connectivity index is 1.61. The van der Waals surface area contributed by atoms with Crippen LogP contribution in [0.3, 0.4) is 0 Å². The lowest BCUT2D eigenvalue weighted by Crippen LogP contribution is -2.24. The van der Waals surface area contributed by atoms with Crippen molar-refractivity contribution >= 4 is 50.2 Å². The van der Waals surface area contributed by atoms with E-state index < -0.39 is 0 Å². The number of hydrazone groups is 1. The smallest absolute Gasteiger partial charge is 0.266 e. The van der Waals surface area contributed by atoms with Crippen molar-refractivity contribution in [3.8, 4) is 5.69 Å². The van der Waals surface area contributed by atoms with Crippen LogP contribution in [0.25, 0.3) is 16.6 Å². The maximum atomic E-state index is 13.2. The number of amides is 1. The van der Waals surface area contributed by atoms with Crippen LogP contribution in [0.1, 0.15) is 12.7 Å². The summed E-state index contributed by atoms with van der Waals surface area (Å²) < 4.78 is 7.66. The first-order chi connectivity index (χ1) is 15.0. The molecule has 0 aliphatic heterocycles. The Morgan fingerprint density at radius 2 is 1.94 bits per heavy atom. The van der Waals surface area contributed by atoms with Crippen molar-refractivity contribution in [2.45, 2.75) is 12.1 Å². The van der Waals surface area contributed by atoms with E-state index in [2.05, 4.69) is 31.4 Å². The van der Waals surface area contributed by atoms with Crippen molar-refractivity contribution in [2.75, 3.05) is 5.75 Å². The Labute approximate surface area is 190 Å². The average Bonchev–Trinajstić information content (AvgIpc) is 3.32. The molecule has 0 atom stereocenters. The maximum Gasteiger partial charge on any atom is 0.266 e. The van der Waals surface area contributed by atoms with Gasteiger partial charge in [0.15, 0.2) is 5.16 Å². The zero-order valence-corrected chi connectivity index (χ0v) is 18.8. The van der Waals surface area contributed by atoms with E-state index in [4.69, 9.17) is 4.42 Å². The first-order valence-corrected chi connectivity index (χ1v) is 11.1. The molecule has 31 heavy (non-hydrogen) atoms. The van der Waals surface area contributed by atoms with Crippen LogP contribution in [0, 0.1) is 0 Å². The maximum absolute atomic E-state index is 13.2. The summed E-state index contributed by atoms with van der Waals surface area (Å²) in [5.74, 6) is 0.296. The number of hydrogen-bond donors (Lipinski definition) is 1. The molecule has 0 fully saturated rings. The minimum absolute atomic E-state index is 0.0379. The Morgan fingerprint density at radius 1 is 1.16 bits per heavy atom. The summed E-state index contributed by atoms with van der Waals surface area (Å²) in [5.41, 5.74) is 4.12. The second-order valence-electron chi connectivity index (χ2n) is 6.53. The van der Waals surface area contributed by atoms with Crippen LogP contribution in [-0.4, -0.2) is 26.9 Å². The van der Waals surface area contributed by atoms with Gasteiger partial charge in [-0.2, -0.15) is 5.10 Å². The summed E-state index contributed by atoms with van der Waals surface area (Å²) in [4.78, 5) is 30.2. The lowest BCUT2D eigenvalue weighted by atomic mass is 10.2. The zero-order valence-electron chi connectivity index (χ0n) is 16.4. The molecule has 0 saturated carbocycles. The van der Waals surface area contributed by atoms with Crippen molar-refractivity contribution in [1.29, 1.82) is 0 Å². The van der Waals surface area contributed by atoms with E-state index in [1.54, 1.807) is 43.5 Å². The lowest BCUT2D eigenvalue weighted by Gasteiger charge is -2.13. The first kappa shape index (κ1) is 21.1. The molecule has 0 bridgehead atoms. The number of carbonyl (C=O) groups is 1. The highest BCUT2D eigenvalue weighted by atomic mass is 79.9. The highest BCUT2D eigenvalue weighted by Gasteiger charge is 2.15. The van der Waals surface area contributed by atoms with E-state index in [0.717, 1.165) is 4.47 Å². The standard InChI is InChI=1S/C22H17BrN4O3S/c1-14(19-7-4-12-30-19)25-26-20(28)13-31-22-24-18-6-3-2-5-17(18)21(29)27(22)16-10-8-15(23)9-11-16/h2-12H,13H2,1H3,(H,26,28). The van der Waals surface area contributed by atoms with E-state index in [1.807, 2.05) is 30.3 Å². The van der Waals surface area contributed by atoms with Gasteiger partial charge in [-0.05, 0) is 55.5 Å². The number of rotatable bonds is 6. The molecule has 2 aromatic heterocycles. The fraction of sp³-hybridized carbons (Fsp3) is 0.0909. The van der Waals surface area contributed by atoms with Crippen LogP contribution >= 0.6 is 27.7 Å².